The van der Waals surface area contributed by atoms with Crippen LogP contribution < -0.4 is 0 Å². The predicted molar refractivity (Wildman–Crippen MR) is 65.7 cm³/mol. The molecule has 0 N–H and O–H groups in total. The molecule has 16 heavy (non-hydrogen) atoms. The zero-order valence-electron chi connectivity index (χ0n) is 8.87. The number of halogens is 1. The van der Waals surface area contributed by atoms with Crippen molar-refractivity contribution in [3.8, 4) is 0 Å². The van der Waals surface area contributed by atoms with E-state index in [1.165, 1.54) is 6.92 Å². The standard InChI is InChI=1S/C13H11BrO2/c1-9(15)13-6-5-12(16-13)8-10-3-2-4-11(14)7-10/h2-7H,8H2,1H3. The predicted octanol–water partition coefficient (Wildman–Crippen LogP) is 3.84. The molecule has 0 atom stereocenters. The lowest BCUT2D eigenvalue weighted by atomic mass is 10.1. The Morgan fingerprint density at radius 2 is 2.12 bits per heavy atom. The largest absolute Gasteiger partial charge is 0.458 e. The Balaban J connectivity index is 2.17. The van der Waals surface area contributed by atoms with Crippen LogP contribution >= 0.6 is 15.9 Å². The van der Waals surface area contributed by atoms with Gasteiger partial charge in [-0.2, -0.15) is 0 Å². The summed E-state index contributed by atoms with van der Waals surface area (Å²) in [6.45, 7) is 1.50. The minimum atomic E-state index is -0.0412. The van der Waals surface area contributed by atoms with Gasteiger partial charge in [0.05, 0.1) is 0 Å². The molecule has 0 aliphatic heterocycles. The van der Waals surface area contributed by atoms with Crippen molar-refractivity contribution in [3.63, 3.8) is 0 Å². The van der Waals surface area contributed by atoms with Crippen molar-refractivity contribution in [2.75, 3.05) is 0 Å². The van der Waals surface area contributed by atoms with Gasteiger partial charge in [0.15, 0.2) is 11.5 Å². The van der Waals surface area contributed by atoms with Crippen LogP contribution in [0.1, 0.15) is 28.8 Å². The van der Waals surface area contributed by atoms with Gasteiger partial charge in [-0.1, -0.05) is 28.1 Å². The number of ketones is 1. The van der Waals surface area contributed by atoms with Crippen LogP contribution in [0.4, 0.5) is 0 Å². The minimum Gasteiger partial charge on any atom is -0.458 e. The van der Waals surface area contributed by atoms with E-state index in [1.807, 2.05) is 30.3 Å². The van der Waals surface area contributed by atoms with E-state index in [9.17, 15) is 4.79 Å². The number of carbonyl (C=O) groups is 1. The van der Waals surface area contributed by atoms with Crippen molar-refractivity contribution in [3.05, 3.63) is 58.0 Å². The van der Waals surface area contributed by atoms with E-state index < -0.39 is 0 Å². The third-order valence-electron chi connectivity index (χ3n) is 2.28. The molecule has 2 rings (SSSR count). The molecular formula is C13H11BrO2. The summed E-state index contributed by atoms with van der Waals surface area (Å²) >= 11 is 3.42. The lowest BCUT2D eigenvalue weighted by Crippen LogP contribution is -1.88. The number of benzene rings is 1. The molecule has 1 heterocycles. The van der Waals surface area contributed by atoms with Crippen molar-refractivity contribution in [2.45, 2.75) is 13.3 Å². The lowest BCUT2D eigenvalue weighted by Gasteiger charge is -1.98. The molecular weight excluding hydrogens is 268 g/mol. The van der Waals surface area contributed by atoms with Gasteiger partial charge in [0.2, 0.25) is 0 Å². The fourth-order valence-corrected chi connectivity index (χ4v) is 1.96. The van der Waals surface area contributed by atoms with E-state index in [1.54, 1.807) is 6.07 Å². The van der Waals surface area contributed by atoms with Crippen molar-refractivity contribution in [1.29, 1.82) is 0 Å². The number of furan rings is 1. The fraction of sp³-hybridized carbons (Fsp3) is 0.154. The monoisotopic (exact) mass is 278 g/mol. The van der Waals surface area contributed by atoms with Gasteiger partial charge in [-0.15, -0.1) is 0 Å². The zero-order valence-corrected chi connectivity index (χ0v) is 10.5. The highest BCUT2D eigenvalue weighted by Gasteiger charge is 2.06. The molecule has 3 heteroatoms. The van der Waals surface area contributed by atoms with Crippen molar-refractivity contribution in [1.82, 2.24) is 0 Å². The van der Waals surface area contributed by atoms with Crippen molar-refractivity contribution in [2.24, 2.45) is 0 Å². The molecule has 2 nitrogen and oxygen atoms in total. The Morgan fingerprint density at radius 3 is 2.75 bits per heavy atom. The Hall–Kier alpha value is -1.35. The van der Waals surface area contributed by atoms with Gasteiger partial charge in [-0.3, -0.25) is 4.79 Å². The summed E-state index contributed by atoms with van der Waals surface area (Å²) in [7, 11) is 0. The SMILES string of the molecule is CC(=O)c1ccc(Cc2cccc(Br)c2)o1. The second kappa shape index (κ2) is 4.66. The van der Waals surface area contributed by atoms with E-state index in [0.717, 1.165) is 15.8 Å². The Kier molecular flexibility index (Phi) is 3.25. The summed E-state index contributed by atoms with van der Waals surface area (Å²) < 4.78 is 6.47. The first-order valence-corrected chi connectivity index (χ1v) is 5.78. The molecule has 0 saturated heterocycles. The maximum Gasteiger partial charge on any atom is 0.194 e. The normalized spacial score (nSPS) is 10.4. The summed E-state index contributed by atoms with van der Waals surface area (Å²) in [5, 5.41) is 0. The molecule has 0 spiro atoms. The molecule has 0 fully saturated rings. The van der Waals surface area contributed by atoms with E-state index in [-0.39, 0.29) is 5.78 Å². The maximum atomic E-state index is 11.1. The van der Waals surface area contributed by atoms with E-state index in [4.69, 9.17) is 4.42 Å². The highest BCUT2D eigenvalue weighted by atomic mass is 79.9. The summed E-state index contributed by atoms with van der Waals surface area (Å²) in [4.78, 5) is 11.1. The number of rotatable bonds is 3. The quantitative estimate of drug-likeness (QED) is 0.799. The smallest absolute Gasteiger partial charge is 0.194 e. The number of hydrogen-bond donors (Lipinski definition) is 0. The van der Waals surface area contributed by atoms with Crippen LogP contribution in [0.2, 0.25) is 0 Å². The molecule has 0 bridgehead atoms. The van der Waals surface area contributed by atoms with Crippen molar-refractivity contribution < 1.29 is 9.21 Å². The Labute approximate surface area is 102 Å². The summed E-state index contributed by atoms with van der Waals surface area (Å²) in [6, 6.07) is 11.6. The number of Topliss-reactive ketones (excluding diaryl/α,β-unsaturated/α-hetero) is 1. The Bertz CT molecular complexity index is 514. The third-order valence-corrected chi connectivity index (χ3v) is 2.77. The van der Waals surface area contributed by atoms with Crippen LogP contribution in [-0.4, -0.2) is 5.78 Å². The van der Waals surface area contributed by atoms with Gasteiger partial charge < -0.3 is 4.42 Å². The Morgan fingerprint density at radius 1 is 1.31 bits per heavy atom. The van der Waals surface area contributed by atoms with Gasteiger partial charge in [0, 0.05) is 17.8 Å². The molecule has 0 radical (unpaired) electrons. The summed E-state index contributed by atoms with van der Waals surface area (Å²) in [6.07, 6.45) is 0.701. The van der Waals surface area contributed by atoms with E-state index in [2.05, 4.69) is 15.9 Å². The first kappa shape index (κ1) is 11.1. The fourth-order valence-electron chi connectivity index (χ4n) is 1.51. The number of hydrogen-bond acceptors (Lipinski definition) is 2. The third kappa shape index (κ3) is 2.61. The molecule has 0 aliphatic rings. The molecule has 1 aromatic carbocycles. The van der Waals surface area contributed by atoms with Crippen molar-refractivity contribution >= 4 is 21.7 Å². The second-order valence-electron chi connectivity index (χ2n) is 3.63. The lowest BCUT2D eigenvalue weighted by molar-refractivity contribution is 0.0985. The average molecular weight is 279 g/mol. The summed E-state index contributed by atoms with van der Waals surface area (Å²) in [5.74, 6) is 1.19. The van der Waals surface area contributed by atoms with E-state index >= 15 is 0 Å². The van der Waals surface area contributed by atoms with Crippen LogP contribution in [0.5, 0.6) is 0 Å². The van der Waals surface area contributed by atoms with Gasteiger partial charge >= 0.3 is 0 Å². The van der Waals surface area contributed by atoms with Gasteiger partial charge in [-0.25, -0.2) is 0 Å². The molecule has 0 saturated carbocycles. The van der Waals surface area contributed by atoms with Gasteiger partial charge in [0.25, 0.3) is 0 Å². The zero-order chi connectivity index (χ0) is 11.5. The first-order chi connectivity index (χ1) is 7.65. The van der Waals surface area contributed by atoms with Gasteiger partial charge in [-0.05, 0) is 29.8 Å². The minimum absolute atomic E-state index is 0.0412. The first-order valence-electron chi connectivity index (χ1n) is 4.99. The molecule has 0 aliphatic carbocycles. The topological polar surface area (TPSA) is 30.2 Å². The van der Waals surface area contributed by atoms with Gasteiger partial charge in [0.1, 0.15) is 5.76 Å². The average Bonchev–Trinajstić information content (AvgIpc) is 2.66. The maximum absolute atomic E-state index is 11.1. The molecule has 2 aromatic rings. The summed E-state index contributed by atoms with van der Waals surface area (Å²) in [5.41, 5.74) is 1.15. The van der Waals surface area contributed by atoms with Crippen LogP contribution in [0.15, 0.2) is 45.3 Å². The number of carbonyl (C=O) groups excluding carboxylic acids is 1. The molecule has 0 amide bonds. The second-order valence-corrected chi connectivity index (χ2v) is 4.54. The van der Waals surface area contributed by atoms with E-state index in [0.29, 0.717) is 12.2 Å². The highest BCUT2D eigenvalue weighted by Crippen LogP contribution is 2.17. The van der Waals surface area contributed by atoms with Crippen LogP contribution in [0.25, 0.3) is 0 Å². The highest BCUT2D eigenvalue weighted by molar-refractivity contribution is 9.10. The molecule has 0 unspecified atom stereocenters. The van der Waals surface area contributed by atoms with Crippen LogP contribution in [-0.2, 0) is 6.42 Å². The van der Waals surface area contributed by atoms with Crippen LogP contribution in [0.3, 0.4) is 0 Å². The molecule has 82 valence electrons. The van der Waals surface area contributed by atoms with Crippen LogP contribution in [0, 0.1) is 0 Å². The molecule has 1 aromatic heterocycles.